The number of hydrogen-bond donors (Lipinski definition) is 1. The fourth-order valence-corrected chi connectivity index (χ4v) is 5.13. The minimum absolute atomic E-state index is 0.239. The molecule has 1 N–H and O–H groups in total. The van der Waals surface area contributed by atoms with Gasteiger partial charge in [-0.05, 0) is 31.2 Å². The Balaban J connectivity index is 1.53. The molecule has 2 aromatic carbocycles. The Labute approximate surface area is 169 Å². The number of piperidine rings is 1. The van der Waals surface area contributed by atoms with Gasteiger partial charge in [-0.1, -0.05) is 41.4 Å². The summed E-state index contributed by atoms with van der Waals surface area (Å²) < 4.78 is 27.2. The molecule has 0 radical (unpaired) electrons. The second kappa shape index (κ2) is 6.99. The molecule has 2 aromatic rings. The Hall–Kier alpha value is -2.22. The number of halogens is 1. The number of carbonyl (C=O) groups is 1. The van der Waals surface area contributed by atoms with Gasteiger partial charge in [-0.25, -0.2) is 8.42 Å². The van der Waals surface area contributed by atoms with E-state index in [1.165, 1.54) is 4.31 Å². The van der Waals surface area contributed by atoms with Crippen LogP contribution in [0.15, 0.2) is 58.4 Å². The van der Waals surface area contributed by atoms with E-state index in [1.54, 1.807) is 48.5 Å². The van der Waals surface area contributed by atoms with Gasteiger partial charge in [0.1, 0.15) is 11.4 Å². The Kier molecular flexibility index (Phi) is 4.77. The molecule has 1 amide bonds. The zero-order chi connectivity index (χ0) is 19.9. The first-order valence-electron chi connectivity index (χ1n) is 9.04. The zero-order valence-corrected chi connectivity index (χ0v) is 16.9. The van der Waals surface area contributed by atoms with Gasteiger partial charge in [-0.15, -0.1) is 0 Å². The van der Waals surface area contributed by atoms with Gasteiger partial charge in [-0.2, -0.15) is 4.31 Å². The third-order valence-corrected chi connectivity index (χ3v) is 7.38. The average molecular weight is 418 g/mol. The monoisotopic (exact) mass is 417 g/mol. The number of aliphatic imine (C=N–C) groups is 1. The number of hydrogen-bond acceptors (Lipinski definition) is 4. The van der Waals surface area contributed by atoms with Crippen molar-refractivity contribution < 1.29 is 13.2 Å². The molecule has 0 unspecified atom stereocenters. The van der Waals surface area contributed by atoms with Crippen molar-refractivity contribution in [3.8, 4) is 0 Å². The number of aryl methyl sites for hydroxylation is 1. The molecule has 0 atom stereocenters. The van der Waals surface area contributed by atoms with Gasteiger partial charge >= 0.3 is 0 Å². The summed E-state index contributed by atoms with van der Waals surface area (Å²) in [5, 5.41) is 3.54. The van der Waals surface area contributed by atoms with Crippen molar-refractivity contribution in [3.05, 3.63) is 64.7 Å². The Bertz CT molecular complexity index is 1040. The van der Waals surface area contributed by atoms with Gasteiger partial charge in [0, 0.05) is 36.5 Å². The molecule has 1 fully saturated rings. The van der Waals surface area contributed by atoms with Crippen molar-refractivity contribution in [1.29, 1.82) is 0 Å². The van der Waals surface area contributed by atoms with Crippen LogP contribution in [0.4, 0.5) is 0 Å². The maximum Gasteiger partial charge on any atom is 0.272 e. The van der Waals surface area contributed by atoms with E-state index < -0.39 is 15.7 Å². The standard InChI is InChI=1S/C20H20ClN3O3S/c1-14-2-8-17(9-3-14)28(26,27)24-12-10-20(11-13-24)22-18(19(25)23-20)15-4-6-16(21)7-5-15/h2-9H,10-13H2,1H3,(H,23,25). The highest BCUT2D eigenvalue weighted by molar-refractivity contribution is 7.89. The number of sulfonamides is 1. The predicted octanol–water partition coefficient (Wildman–Crippen LogP) is 2.75. The molecule has 2 aliphatic heterocycles. The zero-order valence-electron chi connectivity index (χ0n) is 15.4. The molecule has 8 heteroatoms. The molecule has 0 bridgehead atoms. The van der Waals surface area contributed by atoms with Crippen molar-refractivity contribution in [3.63, 3.8) is 0 Å². The number of amides is 1. The first-order valence-corrected chi connectivity index (χ1v) is 10.9. The van der Waals surface area contributed by atoms with Crippen molar-refractivity contribution in [2.75, 3.05) is 13.1 Å². The van der Waals surface area contributed by atoms with Gasteiger partial charge in [0.15, 0.2) is 0 Å². The summed E-state index contributed by atoms with van der Waals surface area (Å²) >= 11 is 5.91. The van der Waals surface area contributed by atoms with Crippen LogP contribution in [0.1, 0.15) is 24.0 Å². The van der Waals surface area contributed by atoms with E-state index >= 15 is 0 Å². The maximum atomic E-state index is 12.9. The third-order valence-electron chi connectivity index (χ3n) is 5.21. The van der Waals surface area contributed by atoms with Crippen molar-refractivity contribution >= 4 is 33.2 Å². The summed E-state index contributed by atoms with van der Waals surface area (Å²) in [6.45, 7) is 2.52. The predicted molar refractivity (Wildman–Crippen MR) is 108 cm³/mol. The second-order valence-corrected chi connectivity index (χ2v) is 9.54. The lowest BCUT2D eigenvalue weighted by Crippen LogP contribution is -2.52. The van der Waals surface area contributed by atoms with Crippen LogP contribution in [-0.4, -0.2) is 43.1 Å². The summed E-state index contributed by atoms with van der Waals surface area (Å²) in [7, 11) is -3.55. The molecule has 1 saturated heterocycles. The first-order chi connectivity index (χ1) is 13.3. The van der Waals surface area contributed by atoms with Gasteiger partial charge < -0.3 is 5.32 Å². The maximum absolute atomic E-state index is 12.9. The highest BCUT2D eigenvalue weighted by Crippen LogP contribution is 2.31. The van der Waals surface area contributed by atoms with E-state index in [9.17, 15) is 13.2 Å². The summed E-state index contributed by atoms with van der Waals surface area (Å²) in [6, 6.07) is 13.8. The minimum atomic E-state index is -3.55. The van der Waals surface area contributed by atoms with Crippen LogP contribution in [-0.2, 0) is 14.8 Å². The number of nitrogens with zero attached hydrogens (tertiary/aromatic N) is 2. The van der Waals surface area contributed by atoms with Crippen LogP contribution < -0.4 is 5.32 Å². The molecular weight excluding hydrogens is 398 g/mol. The summed E-state index contributed by atoms with van der Waals surface area (Å²) in [4.78, 5) is 17.4. The van der Waals surface area contributed by atoms with Gasteiger partial charge in [-0.3, -0.25) is 9.79 Å². The number of rotatable bonds is 3. The van der Waals surface area contributed by atoms with E-state index in [0.29, 0.717) is 42.2 Å². The fourth-order valence-electron chi connectivity index (χ4n) is 3.56. The third kappa shape index (κ3) is 3.45. The van der Waals surface area contributed by atoms with Crippen LogP contribution in [0.25, 0.3) is 0 Å². The first kappa shape index (κ1) is 19.1. The Morgan fingerprint density at radius 3 is 2.25 bits per heavy atom. The molecule has 4 rings (SSSR count). The van der Waals surface area contributed by atoms with Gasteiger partial charge in [0.2, 0.25) is 10.0 Å². The van der Waals surface area contributed by atoms with Gasteiger partial charge in [0.25, 0.3) is 5.91 Å². The van der Waals surface area contributed by atoms with Crippen LogP contribution in [0.5, 0.6) is 0 Å². The highest BCUT2D eigenvalue weighted by atomic mass is 35.5. The van der Waals surface area contributed by atoms with E-state index in [4.69, 9.17) is 11.6 Å². The number of benzene rings is 2. The van der Waals surface area contributed by atoms with Crippen LogP contribution in [0.3, 0.4) is 0 Å². The molecule has 28 heavy (non-hydrogen) atoms. The molecule has 1 spiro atoms. The van der Waals surface area contributed by atoms with E-state index in [1.807, 2.05) is 6.92 Å². The van der Waals surface area contributed by atoms with Gasteiger partial charge in [0.05, 0.1) is 4.90 Å². The molecule has 0 saturated carbocycles. The van der Waals surface area contributed by atoms with Crippen molar-refractivity contribution in [2.45, 2.75) is 30.3 Å². The largest absolute Gasteiger partial charge is 0.326 e. The van der Waals surface area contributed by atoms with E-state index in [-0.39, 0.29) is 10.8 Å². The van der Waals surface area contributed by atoms with Crippen LogP contribution in [0, 0.1) is 6.92 Å². The minimum Gasteiger partial charge on any atom is -0.326 e. The lowest BCUT2D eigenvalue weighted by Gasteiger charge is -2.36. The van der Waals surface area contributed by atoms with Crippen LogP contribution >= 0.6 is 11.6 Å². The Morgan fingerprint density at radius 1 is 1.04 bits per heavy atom. The summed E-state index contributed by atoms with van der Waals surface area (Å²) in [5.74, 6) is -0.239. The molecule has 0 aromatic heterocycles. The molecule has 0 aliphatic carbocycles. The molecular formula is C20H20ClN3O3S. The smallest absolute Gasteiger partial charge is 0.272 e. The van der Waals surface area contributed by atoms with E-state index in [2.05, 4.69) is 10.3 Å². The number of carbonyl (C=O) groups excluding carboxylic acids is 1. The molecule has 146 valence electrons. The molecule has 2 aliphatic rings. The fraction of sp³-hybridized carbons (Fsp3) is 0.300. The SMILES string of the molecule is Cc1ccc(S(=O)(=O)N2CCC3(CC2)N=C(c2ccc(Cl)cc2)C(=O)N3)cc1. The number of nitrogens with one attached hydrogen (secondary N) is 1. The average Bonchev–Trinajstić information content (AvgIpc) is 2.99. The molecule has 2 heterocycles. The normalized spacial score (nSPS) is 19.5. The van der Waals surface area contributed by atoms with Crippen LogP contribution in [0.2, 0.25) is 5.02 Å². The second-order valence-electron chi connectivity index (χ2n) is 7.17. The lowest BCUT2D eigenvalue weighted by molar-refractivity contribution is -0.115. The topological polar surface area (TPSA) is 78.8 Å². The highest BCUT2D eigenvalue weighted by Gasteiger charge is 2.44. The van der Waals surface area contributed by atoms with E-state index in [0.717, 1.165) is 5.56 Å². The van der Waals surface area contributed by atoms with Crippen molar-refractivity contribution in [2.24, 2.45) is 4.99 Å². The van der Waals surface area contributed by atoms with Crippen molar-refractivity contribution in [1.82, 2.24) is 9.62 Å². The Morgan fingerprint density at radius 2 is 1.64 bits per heavy atom. The lowest BCUT2D eigenvalue weighted by atomic mass is 10.00. The quantitative estimate of drug-likeness (QED) is 0.833. The molecule has 6 nitrogen and oxygen atoms in total. The summed E-state index contributed by atoms with van der Waals surface area (Å²) in [6.07, 6.45) is 0.863. The summed E-state index contributed by atoms with van der Waals surface area (Å²) in [5.41, 5.74) is 1.33.